The standard InChI is InChI=1S/C19H28S2.C18H26B2N2O4S.C16H27BO2S.C10H15BrS.C6H2Br2N2S.C4H8O.2CH3F.BHNS/c1-3-5-7-9-11-17-13-15-21-19(17)18-16(12-14-20-18)10-8-6-4-2;1-15(2)16(3,4)24-19(23-15)11-9-10-12(14-13(11)21-27-22-14)20-25-17(5,6)18(7,8)26-20;1-6-7-8-9-10-13-11-12-20-14(13)17-18-15(2,3)16(4,5)19-17;1-2-3-4-5-6-9-7-8-12-10(9)11;7-3-1-2-4(8)6-5(3)9-11-10-6;1-2-4-5-3-1;2*1-2;1-2-3/h12-15H,3-11H2,1-2H3;9-10H,1-8H3;11-12H,6-10H2,1-5H3;7-8H,2-6H2,1H3;1-2H;1-4H2;2*1H3;3H/i;;;;;;2*1D;. The van der Waals surface area contributed by atoms with E-state index >= 15 is 0 Å². The van der Waals surface area contributed by atoms with E-state index in [4.69, 9.17) is 35.4 Å². The van der Waals surface area contributed by atoms with E-state index in [0.29, 0.717) is 0 Å². The van der Waals surface area contributed by atoms with Crippen molar-refractivity contribution < 1.29 is 44.2 Å². The Morgan fingerprint density at radius 2 is 0.748 bits per heavy atom. The van der Waals surface area contributed by atoms with Gasteiger partial charge in [-0.2, -0.15) is 28.8 Å². The van der Waals surface area contributed by atoms with Gasteiger partial charge in [-0.05, 0) is 275 Å². The number of ether oxygens (including phenoxy) is 1. The number of thiophene rings is 4. The molecule has 0 saturated carbocycles. The number of aromatic nitrogens is 4. The van der Waals surface area contributed by atoms with E-state index in [-0.39, 0.29) is 18.3 Å². The fourth-order valence-corrected chi connectivity index (χ4v) is 17.6. The first-order valence-electron chi connectivity index (χ1n) is 37.5. The van der Waals surface area contributed by atoms with Crippen LogP contribution < -0.4 is 15.7 Å². The van der Waals surface area contributed by atoms with Crippen molar-refractivity contribution >= 4 is 196 Å². The van der Waals surface area contributed by atoms with E-state index in [1.54, 1.807) is 43.6 Å². The van der Waals surface area contributed by atoms with Gasteiger partial charge in [-0.25, -0.2) is 0 Å². The molecule has 4 aliphatic rings. The zero-order chi connectivity index (χ0) is 77.9. The predicted octanol–water partition coefficient (Wildman–Crippen LogP) is 23.8. The van der Waals surface area contributed by atoms with Gasteiger partial charge in [-0.15, -0.1) is 34.0 Å². The Kier molecular flexibility index (Phi) is 41.6. The minimum absolute atomic E-state index is 0.193. The number of benzene rings is 2. The molecule has 12 nitrogen and oxygen atoms in total. The fraction of sp³-hybridized carbons (Fsp3) is 0.627. The van der Waals surface area contributed by atoms with Gasteiger partial charge in [0.1, 0.15) is 22.1 Å². The molecule has 0 unspecified atom stereocenters. The SMILES string of the molecule is Brc1ccc(Br)c2nsnc12.C1CCOC1.CC1(C)OB(c2ccc(B3OC(C)(C)C(C)(C)O3)c3nsnc23)OC1(C)C.CCCCCCc1ccsc1-c1sccc1CCCCC.CCCCCCc1ccsc1B1OC(C)(C)C(C)(C)O1.CCCCCCc1ccsc1Br.[2H]CF.[2H]CF.[B]=NS. The van der Waals surface area contributed by atoms with Crippen molar-refractivity contribution in [2.45, 2.75) is 279 Å². The number of aryl methyl sites for hydroxylation is 4. The molecule has 103 heavy (non-hydrogen) atoms. The minimum atomic E-state index is -1.00. The Hall–Kier alpha value is -1.69. The average Bonchev–Trinajstić information content (AvgIpc) is 1.60. The summed E-state index contributed by atoms with van der Waals surface area (Å²) in [4.78, 5) is 3.10. The van der Waals surface area contributed by atoms with Gasteiger partial charge in [-0.1, -0.05) is 110 Å². The zero-order valence-corrected chi connectivity index (χ0v) is 74.3. The van der Waals surface area contributed by atoms with Gasteiger partial charge in [0.05, 0.1) is 77.9 Å². The van der Waals surface area contributed by atoms with Gasteiger partial charge in [0.25, 0.3) is 0 Å². The molecule has 0 atom stereocenters. The molecule has 1 radical (unpaired) electrons. The summed E-state index contributed by atoms with van der Waals surface area (Å²) in [6.07, 6.45) is 27.4. The molecule has 6 aromatic heterocycles. The normalized spacial score (nSPS) is 17.0. The van der Waals surface area contributed by atoms with Crippen molar-refractivity contribution in [2.24, 2.45) is 4.30 Å². The van der Waals surface area contributed by atoms with Crippen LogP contribution in [0.1, 0.15) is 245 Å². The molecule has 28 heteroatoms. The Morgan fingerprint density at radius 3 is 1.10 bits per heavy atom. The second kappa shape index (κ2) is 47.5. The van der Waals surface area contributed by atoms with E-state index in [1.807, 2.05) is 102 Å². The van der Waals surface area contributed by atoms with Crippen molar-refractivity contribution in [1.82, 2.24) is 17.5 Å². The van der Waals surface area contributed by atoms with Crippen LogP contribution in [-0.4, -0.2) is 108 Å². The Bertz CT molecular complexity index is 3550. The van der Waals surface area contributed by atoms with Crippen molar-refractivity contribution in [3.8, 4) is 9.75 Å². The summed E-state index contributed by atoms with van der Waals surface area (Å²) in [7, 11) is 1.19. The molecular weight excluding hydrogens is 1630 g/mol. The molecule has 4 aliphatic heterocycles. The molecule has 8 aromatic rings. The summed E-state index contributed by atoms with van der Waals surface area (Å²) in [6.45, 7) is 35.9. The monoisotopic (exact) mass is 1740 g/mol. The first-order valence-corrected chi connectivity index (χ1v) is 43.8. The summed E-state index contributed by atoms with van der Waals surface area (Å²) in [5.74, 6) is 0. The topological polar surface area (TPSA) is 129 Å². The Balaban J connectivity index is 0.000000272. The van der Waals surface area contributed by atoms with Crippen LogP contribution in [0.4, 0.5) is 8.78 Å². The maximum absolute atomic E-state index is 9.96. The van der Waals surface area contributed by atoms with Gasteiger partial charge >= 0.3 is 46.1 Å². The molecule has 0 bridgehead atoms. The third-order valence-corrected chi connectivity index (χ3v) is 26.4. The van der Waals surface area contributed by atoms with Crippen molar-refractivity contribution in [3.05, 3.63) is 105 Å². The first-order chi connectivity index (χ1) is 50.0. The number of alkyl halides is 2. The molecule has 10 heterocycles. The summed E-state index contributed by atoms with van der Waals surface area (Å²) < 4.78 is 97.7. The Labute approximate surface area is 677 Å². The summed E-state index contributed by atoms with van der Waals surface area (Å²) in [5.41, 5.74) is 9.11. The number of thiol groups is 1. The van der Waals surface area contributed by atoms with Crippen molar-refractivity contribution in [1.29, 1.82) is 0 Å². The number of nitrogens with zero attached hydrogens (tertiary/aromatic N) is 5. The molecule has 0 amide bonds. The van der Waals surface area contributed by atoms with E-state index in [0.717, 1.165) is 61.6 Å². The van der Waals surface area contributed by atoms with Gasteiger partial charge in [0, 0.05) is 47.6 Å². The van der Waals surface area contributed by atoms with E-state index in [2.05, 4.69) is 191 Å². The molecule has 0 N–H and O–H groups in total. The van der Waals surface area contributed by atoms with Crippen LogP contribution in [0.3, 0.4) is 0 Å². The van der Waals surface area contributed by atoms with Crippen molar-refractivity contribution in [2.75, 3.05) is 27.5 Å². The third-order valence-electron chi connectivity index (χ3n) is 19.2. The predicted molar refractivity (Wildman–Crippen MR) is 459 cm³/mol. The number of rotatable bonds is 23. The number of fused-ring (bicyclic) bond motifs is 2. The van der Waals surface area contributed by atoms with Crippen LogP contribution in [0, 0.1) is 0 Å². The van der Waals surface area contributed by atoms with Gasteiger partial charge in [0.2, 0.25) is 0 Å². The van der Waals surface area contributed by atoms with E-state index < -0.39 is 50.9 Å². The molecule has 4 saturated heterocycles. The summed E-state index contributed by atoms with van der Waals surface area (Å²) >= 11 is 23.3. The summed E-state index contributed by atoms with van der Waals surface area (Å²) in [5, 5.41) is 8.87. The second-order valence-electron chi connectivity index (χ2n) is 28.4. The fourth-order valence-electron chi connectivity index (χ4n) is 11.0. The van der Waals surface area contributed by atoms with Crippen LogP contribution in [0.15, 0.2) is 87.1 Å². The zero-order valence-electron chi connectivity index (χ0n) is 65.8. The number of hydrogen-bond donors (Lipinski definition) is 1. The van der Waals surface area contributed by atoms with Crippen LogP contribution in [0.5, 0.6) is 0 Å². The molecule has 569 valence electrons. The number of halogens is 5. The van der Waals surface area contributed by atoms with Gasteiger partial charge < -0.3 is 32.7 Å². The number of hydrogen-bond acceptors (Lipinski definition) is 19. The Morgan fingerprint density at radius 1 is 0.447 bits per heavy atom. The first kappa shape index (κ1) is 90.2. The molecule has 0 aliphatic carbocycles. The van der Waals surface area contributed by atoms with Crippen LogP contribution in [0.25, 0.3) is 31.8 Å². The molecule has 4 fully saturated rings. The maximum atomic E-state index is 9.96. The van der Waals surface area contributed by atoms with Crippen molar-refractivity contribution in [3.63, 3.8) is 0 Å². The molecule has 2 aromatic carbocycles. The van der Waals surface area contributed by atoms with Crippen LogP contribution in [0.2, 0.25) is 0 Å². The van der Waals surface area contributed by atoms with E-state index in [1.165, 1.54) is 172 Å². The van der Waals surface area contributed by atoms with E-state index in [9.17, 15) is 8.78 Å². The van der Waals surface area contributed by atoms with Crippen LogP contribution in [-0.2, 0) is 58.3 Å². The van der Waals surface area contributed by atoms with Crippen LogP contribution >= 0.6 is 129 Å². The second-order valence-corrected chi connectivity index (χ2v) is 36.4. The molecule has 0 spiro atoms. The summed E-state index contributed by atoms with van der Waals surface area (Å²) in [6, 6.07) is 17.0. The quantitative estimate of drug-likeness (QED) is 0.0373. The third kappa shape index (κ3) is 28.2. The molecule has 12 rings (SSSR count). The van der Waals surface area contributed by atoms with Gasteiger partial charge in [-0.3, -0.25) is 8.78 Å². The van der Waals surface area contributed by atoms with Gasteiger partial charge in [0.15, 0.2) is 0 Å². The number of unbranched alkanes of at least 4 members (excludes halogenated alkanes) is 11. The average molecular weight is 1740 g/mol. The molecular formula is C75H113B4Br3F2N5O7S7.